The molecule has 1 N–H and O–H groups in total. The van der Waals surface area contributed by atoms with E-state index in [2.05, 4.69) is 47.5 Å². The fourth-order valence-electron chi connectivity index (χ4n) is 3.12. The fraction of sp³-hybridized carbons (Fsp3) is 0.625. The molecule has 18 heavy (non-hydrogen) atoms. The number of nitrogens with one attached hydrogen (secondary N) is 1. The van der Waals surface area contributed by atoms with Crippen LogP contribution in [0.2, 0.25) is 0 Å². The first-order valence-electron chi connectivity index (χ1n) is 7.38. The van der Waals surface area contributed by atoms with Crippen LogP contribution in [0.25, 0.3) is 0 Å². The third-order valence-electron chi connectivity index (χ3n) is 4.29. The molecule has 2 aliphatic rings. The standard InChI is InChI=1S/C16H24N2/c1-2-18-11-14(13-6-4-3-5-7-13)10-16(12-18)17-15-8-9-15/h3-7,14-17H,2,8-12H2,1H3. The normalized spacial score (nSPS) is 29.4. The quantitative estimate of drug-likeness (QED) is 0.876. The Bertz CT molecular complexity index is 372. The van der Waals surface area contributed by atoms with E-state index in [1.54, 1.807) is 0 Å². The van der Waals surface area contributed by atoms with Crippen LogP contribution in [0.15, 0.2) is 30.3 Å². The summed E-state index contributed by atoms with van der Waals surface area (Å²) >= 11 is 0. The van der Waals surface area contributed by atoms with Crippen LogP contribution in [0.5, 0.6) is 0 Å². The van der Waals surface area contributed by atoms with E-state index in [-0.39, 0.29) is 0 Å². The minimum absolute atomic E-state index is 0.691. The van der Waals surface area contributed by atoms with E-state index in [0.717, 1.165) is 6.04 Å². The number of nitrogens with zero attached hydrogens (tertiary/aromatic N) is 1. The van der Waals surface area contributed by atoms with Crippen LogP contribution in [0.4, 0.5) is 0 Å². The molecule has 2 atom stereocenters. The summed E-state index contributed by atoms with van der Waals surface area (Å²) in [6, 6.07) is 12.5. The summed E-state index contributed by atoms with van der Waals surface area (Å²) in [5, 5.41) is 3.82. The van der Waals surface area contributed by atoms with Gasteiger partial charge in [0.05, 0.1) is 0 Å². The average molecular weight is 244 g/mol. The predicted octanol–water partition coefficient (Wildman–Crippen LogP) is 2.62. The van der Waals surface area contributed by atoms with Crippen molar-refractivity contribution in [3.8, 4) is 0 Å². The molecule has 98 valence electrons. The van der Waals surface area contributed by atoms with Crippen molar-refractivity contribution in [1.29, 1.82) is 0 Å². The summed E-state index contributed by atoms with van der Waals surface area (Å²) in [6.45, 7) is 5.91. The highest BCUT2D eigenvalue weighted by atomic mass is 15.2. The van der Waals surface area contributed by atoms with Gasteiger partial charge < -0.3 is 10.2 Å². The number of benzene rings is 1. The Morgan fingerprint density at radius 2 is 1.89 bits per heavy atom. The van der Waals surface area contributed by atoms with Crippen molar-refractivity contribution in [2.45, 2.75) is 44.2 Å². The summed E-state index contributed by atoms with van der Waals surface area (Å²) in [4.78, 5) is 2.60. The van der Waals surface area contributed by atoms with E-state index in [1.807, 2.05) is 0 Å². The lowest BCUT2D eigenvalue weighted by molar-refractivity contribution is 0.178. The molecule has 1 saturated heterocycles. The first-order chi connectivity index (χ1) is 8.85. The van der Waals surface area contributed by atoms with Gasteiger partial charge in [-0.1, -0.05) is 37.3 Å². The molecule has 1 saturated carbocycles. The molecule has 2 fully saturated rings. The van der Waals surface area contributed by atoms with Gasteiger partial charge in [-0.15, -0.1) is 0 Å². The first-order valence-corrected chi connectivity index (χ1v) is 7.38. The molecule has 2 nitrogen and oxygen atoms in total. The van der Waals surface area contributed by atoms with Gasteiger partial charge in [0, 0.05) is 25.2 Å². The minimum atomic E-state index is 0.691. The lowest BCUT2D eigenvalue weighted by Crippen LogP contribution is -2.49. The van der Waals surface area contributed by atoms with Crippen molar-refractivity contribution in [3.63, 3.8) is 0 Å². The Hall–Kier alpha value is -0.860. The van der Waals surface area contributed by atoms with Crippen molar-refractivity contribution in [2.75, 3.05) is 19.6 Å². The fourth-order valence-corrected chi connectivity index (χ4v) is 3.12. The molecule has 0 spiro atoms. The summed E-state index contributed by atoms with van der Waals surface area (Å²) in [6.07, 6.45) is 4.08. The summed E-state index contributed by atoms with van der Waals surface area (Å²) in [5.74, 6) is 0.705. The van der Waals surface area contributed by atoms with Crippen LogP contribution in [0.1, 0.15) is 37.7 Å². The van der Waals surface area contributed by atoms with E-state index in [4.69, 9.17) is 0 Å². The number of hydrogen-bond donors (Lipinski definition) is 1. The Labute approximate surface area is 110 Å². The van der Waals surface area contributed by atoms with E-state index >= 15 is 0 Å². The topological polar surface area (TPSA) is 15.3 Å². The zero-order valence-electron chi connectivity index (χ0n) is 11.3. The lowest BCUT2D eigenvalue weighted by Gasteiger charge is -2.38. The maximum atomic E-state index is 3.82. The highest BCUT2D eigenvalue weighted by Gasteiger charge is 2.31. The molecule has 1 aliphatic heterocycles. The molecule has 1 heterocycles. The molecule has 2 heteroatoms. The molecule has 0 bridgehead atoms. The maximum absolute atomic E-state index is 3.82. The van der Waals surface area contributed by atoms with E-state index in [9.17, 15) is 0 Å². The van der Waals surface area contributed by atoms with Crippen LogP contribution in [0, 0.1) is 0 Å². The molecule has 0 aromatic heterocycles. The largest absolute Gasteiger partial charge is 0.310 e. The second kappa shape index (κ2) is 5.41. The highest BCUT2D eigenvalue weighted by Crippen LogP contribution is 2.29. The van der Waals surface area contributed by atoms with Gasteiger partial charge in [-0.3, -0.25) is 0 Å². The number of hydrogen-bond acceptors (Lipinski definition) is 2. The van der Waals surface area contributed by atoms with Gasteiger partial charge in [0.15, 0.2) is 0 Å². The van der Waals surface area contributed by atoms with Gasteiger partial charge in [0.1, 0.15) is 0 Å². The Kier molecular flexibility index (Phi) is 3.67. The second-order valence-electron chi connectivity index (χ2n) is 5.83. The molecular weight excluding hydrogens is 220 g/mol. The van der Waals surface area contributed by atoms with E-state index in [0.29, 0.717) is 12.0 Å². The Morgan fingerprint density at radius 3 is 2.56 bits per heavy atom. The molecule has 2 unspecified atom stereocenters. The average Bonchev–Trinajstić information content (AvgIpc) is 3.23. The van der Waals surface area contributed by atoms with Crippen LogP contribution in [-0.4, -0.2) is 36.6 Å². The summed E-state index contributed by atoms with van der Waals surface area (Å²) in [7, 11) is 0. The van der Waals surface area contributed by atoms with Gasteiger partial charge in [0.25, 0.3) is 0 Å². The predicted molar refractivity (Wildman–Crippen MR) is 75.9 cm³/mol. The molecule has 1 aliphatic carbocycles. The van der Waals surface area contributed by atoms with Crippen molar-refractivity contribution in [2.24, 2.45) is 0 Å². The Morgan fingerprint density at radius 1 is 1.11 bits per heavy atom. The van der Waals surface area contributed by atoms with Crippen LogP contribution < -0.4 is 5.32 Å². The van der Waals surface area contributed by atoms with E-state index < -0.39 is 0 Å². The highest BCUT2D eigenvalue weighted by molar-refractivity contribution is 5.21. The Balaban J connectivity index is 1.68. The van der Waals surface area contributed by atoms with Crippen molar-refractivity contribution < 1.29 is 0 Å². The summed E-state index contributed by atoms with van der Waals surface area (Å²) in [5.41, 5.74) is 1.51. The van der Waals surface area contributed by atoms with Gasteiger partial charge in [-0.05, 0) is 37.3 Å². The van der Waals surface area contributed by atoms with Crippen LogP contribution in [0.3, 0.4) is 0 Å². The SMILES string of the molecule is CCN1CC(NC2CC2)CC(c2ccccc2)C1. The van der Waals surface area contributed by atoms with Crippen LogP contribution >= 0.6 is 0 Å². The zero-order chi connectivity index (χ0) is 12.4. The van der Waals surface area contributed by atoms with Gasteiger partial charge in [-0.2, -0.15) is 0 Å². The van der Waals surface area contributed by atoms with Crippen molar-refractivity contribution in [1.82, 2.24) is 10.2 Å². The molecule has 1 aromatic carbocycles. The maximum Gasteiger partial charge on any atom is 0.0203 e. The number of likely N-dealkylation sites (N-methyl/N-ethyl adjacent to an activating group) is 1. The van der Waals surface area contributed by atoms with Gasteiger partial charge in [0.2, 0.25) is 0 Å². The molecule has 0 amide bonds. The number of likely N-dealkylation sites (tertiary alicyclic amines) is 1. The lowest BCUT2D eigenvalue weighted by atomic mass is 9.88. The molecule has 0 radical (unpaired) electrons. The molecule has 1 aromatic rings. The smallest absolute Gasteiger partial charge is 0.0203 e. The monoisotopic (exact) mass is 244 g/mol. The zero-order valence-corrected chi connectivity index (χ0v) is 11.3. The van der Waals surface area contributed by atoms with Crippen molar-refractivity contribution >= 4 is 0 Å². The number of piperidine rings is 1. The van der Waals surface area contributed by atoms with E-state index in [1.165, 1.54) is 44.5 Å². The third-order valence-corrected chi connectivity index (χ3v) is 4.29. The number of rotatable bonds is 4. The van der Waals surface area contributed by atoms with Crippen molar-refractivity contribution in [3.05, 3.63) is 35.9 Å². The first kappa shape index (κ1) is 12.2. The summed E-state index contributed by atoms with van der Waals surface area (Å²) < 4.78 is 0. The molecular formula is C16H24N2. The minimum Gasteiger partial charge on any atom is -0.310 e. The third kappa shape index (κ3) is 2.93. The van der Waals surface area contributed by atoms with Crippen LogP contribution in [-0.2, 0) is 0 Å². The van der Waals surface area contributed by atoms with Gasteiger partial charge in [-0.25, -0.2) is 0 Å². The van der Waals surface area contributed by atoms with Gasteiger partial charge >= 0.3 is 0 Å². The molecule has 3 rings (SSSR count). The second-order valence-corrected chi connectivity index (χ2v) is 5.83.